The van der Waals surface area contributed by atoms with Gasteiger partial charge in [0.1, 0.15) is 5.82 Å². The van der Waals surface area contributed by atoms with Gasteiger partial charge in [-0.1, -0.05) is 0 Å². The number of aromatic nitrogens is 2. The highest BCUT2D eigenvalue weighted by Crippen LogP contribution is 2.32. The highest BCUT2D eigenvalue weighted by atomic mass is 19.4. The molecule has 2 N–H and O–H groups in total. The van der Waals surface area contributed by atoms with Gasteiger partial charge >= 0.3 is 6.18 Å². The average Bonchev–Trinajstić information content (AvgIpc) is 2.12. The highest BCUT2D eigenvalue weighted by molar-refractivity contribution is 5.44. The Hall–Kier alpha value is -1.53. The van der Waals surface area contributed by atoms with Crippen molar-refractivity contribution in [3.05, 3.63) is 11.8 Å². The molecule has 0 saturated heterocycles. The fourth-order valence-electron chi connectivity index (χ4n) is 1.74. The molecule has 0 aromatic carbocycles. The summed E-state index contributed by atoms with van der Waals surface area (Å²) >= 11 is 0. The molecule has 2 rings (SSSR count). The highest BCUT2D eigenvalue weighted by Gasteiger charge is 2.34. The van der Waals surface area contributed by atoms with Crippen LogP contribution in [0.4, 0.5) is 24.9 Å². The molecule has 7 heteroatoms. The van der Waals surface area contributed by atoms with E-state index in [0.29, 0.717) is 0 Å². The van der Waals surface area contributed by atoms with E-state index in [1.807, 2.05) is 0 Å². The number of rotatable bonds is 2. The minimum absolute atomic E-state index is 0.231. The van der Waals surface area contributed by atoms with E-state index in [0.717, 1.165) is 25.3 Å². The average molecular weight is 246 g/mol. The van der Waals surface area contributed by atoms with Crippen LogP contribution in [0.25, 0.3) is 0 Å². The first-order valence-corrected chi connectivity index (χ1v) is 5.32. The lowest BCUT2D eigenvalue weighted by Crippen LogP contribution is -2.38. The fourth-order valence-corrected chi connectivity index (χ4v) is 1.74. The van der Waals surface area contributed by atoms with Crippen molar-refractivity contribution in [1.82, 2.24) is 9.97 Å². The molecular weight excluding hydrogens is 233 g/mol. The summed E-state index contributed by atoms with van der Waals surface area (Å²) in [6.45, 7) is 0. The maximum absolute atomic E-state index is 12.5. The molecular formula is C10H13F3N4. The second-order valence-corrected chi connectivity index (χ2v) is 4.16. The predicted molar refractivity (Wildman–Crippen MR) is 57.5 cm³/mol. The molecule has 1 aliphatic rings. The van der Waals surface area contributed by atoms with E-state index in [1.165, 1.54) is 0 Å². The van der Waals surface area contributed by atoms with Crippen LogP contribution in [-0.4, -0.2) is 23.1 Å². The standard InChI is InChI=1S/C10H13F3N4/c1-17(6-3-2-4-6)8-5-7(10(11,12)13)15-9(14)16-8/h5-6H,2-4H2,1H3,(H2,14,15,16). The topological polar surface area (TPSA) is 55.0 Å². The first-order chi connectivity index (χ1) is 7.88. The van der Waals surface area contributed by atoms with Crippen LogP contribution in [0.5, 0.6) is 0 Å². The SMILES string of the molecule is CN(c1cc(C(F)(F)F)nc(N)n1)C1CCC1. The van der Waals surface area contributed by atoms with Gasteiger partial charge in [-0.2, -0.15) is 18.2 Å². The summed E-state index contributed by atoms with van der Waals surface area (Å²) in [6, 6.07) is 1.19. The number of nitrogens with two attached hydrogens (primary N) is 1. The Balaban J connectivity index is 2.30. The van der Waals surface area contributed by atoms with Crippen molar-refractivity contribution in [3.8, 4) is 0 Å². The van der Waals surface area contributed by atoms with E-state index in [-0.39, 0.29) is 17.8 Å². The molecule has 0 amide bonds. The summed E-state index contributed by atoms with van der Waals surface area (Å²) in [5, 5.41) is 0. The van der Waals surface area contributed by atoms with Crippen molar-refractivity contribution in [1.29, 1.82) is 0 Å². The maximum atomic E-state index is 12.5. The van der Waals surface area contributed by atoms with Crippen molar-refractivity contribution >= 4 is 11.8 Å². The Bertz CT molecular complexity index is 415. The maximum Gasteiger partial charge on any atom is 0.433 e. The largest absolute Gasteiger partial charge is 0.433 e. The van der Waals surface area contributed by atoms with Gasteiger partial charge in [0, 0.05) is 19.2 Å². The molecule has 1 fully saturated rings. The molecule has 0 spiro atoms. The Labute approximate surface area is 96.7 Å². The lowest BCUT2D eigenvalue weighted by atomic mass is 9.92. The van der Waals surface area contributed by atoms with E-state index >= 15 is 0 Å². The summed E-state index contributed by atoms with van der Waals surface area (Å²) in [5.74, 6) is -0.115. The van der Waals surface area contributed by atoms with Gasteiger partial charge in [-0.3, -0.25) is 0 Å². The van der Waals surface area contributed by atoms with Gasteiger partial charge in [0.05, 0.1) is 0 Å². The van der Waals surface area contributed by atoms with Crippen molar-refractivity contribution in [3.63, 3.8) is 0 Å². The van der Waals surface area contributed by atoms with Crippen LogP contribution in [-0.2, 0) is 6.18 Å². The van der Waals surface area contributed by atoms with Crippen LogP contribution < -0.4 is 10.6 Å². The van der Waals surface area contributed by atoms with Crippen molar-refractivity contribution < 1.29 is 13.2 Å². The van der Waals surface area contributed by atoms with Gasteiger partial charge in [-0.25, -0.2) is 4.98 Å². The van der Waals surface area contributed by atoms with Crippen LogP contribution in [0.2, 0.25) is 0 Å². The van der Waals surface area contributed by atoms with Crippen LogP contribution in [0.3, 0.4) is 0 Å². The van der Waals surface area contributed by atoms with Gasteiger partial charge in [0.25, 0.3) is 0 Å². The van der Waals surface area contributed by atoms with Gasteiger partial charge in [-0.05, 0) is 19.3 Å². The molecule has 0 aliphatic heterocycles. The first kappa shape index (κ1) is 11.9. The van der Waals surface area contributed by atoms with Crippen LogP contribution in [0, 0.1) is 0 Å². The lowest BCUT2D eigenvalue weighted by molar-refractivity contribution is -0.141. The van der Waals surface area contributed by atoms with Crippen LogP contribution >= 0.6 is 0 Å². The number of anilines is 2. The monoisotopic (exact) mass is 246 g/mol. The zero-order valence-corrected chi connectivity index (χ0v) is 9.33. The Morgan fingerprint density at radius 1 is 1.35 bits per heavy atom. The summed E-state index contributed by atoms with van der Waals surface area (Å²) in [5.41, 5.74) is 4.31. The van der Waals surface area contributed by atoms with E-state index < -0.39 is 11.9 Å². The smallest absolute Gasteiger partial charge is 0.368 e. The van der Waals surface area contributed by atoms with Crippen molar-refractivity contribution in [2.75, 3.05) is 17.7 Å². The summed E-state index contributed by atoms with van der Waals surface area (Å²) < 4.78 is 37.6. The molecule has 94 valence electrons. The second-order valence-electron chi connectivity index (χ2n) is 4.16. The number of hydrogen-bond acceptors (Lipinski definition) is 4. The van der Waals surface area contributed by atoms with E-state index in [4.69, 9.17) is 5.73 Å². The number of nitrogen functional groups attached to an aromatic ring is 1. The zero-order valence-electron chi connectivity index (χ0n) is 9.33. The quantitative estimate of drug-likeness (QED) is 0.867. The molecule has 0 bridgehead atoms. The molecule has 0 radical (unpaired) electrons. The minimum atomic E-state index is -4.49. The molecule has 17 heavy (non-hydrogen) atoms. The van der Waals surface area contributed by atoms with Crippen LogP contribution in [0.15, 0.2) is 6.07 Å². The van der Waals surface area contributed by atoms with E-state index in [9.17, 15) is 13.2 Å². The Morgan fingerprint density at radius 3 is 2.47 bits per heavy atom. The molecule has 4 nitrogen and oxygen atoms in total. The predicted octanol–water partition coefficient (Wildman–Crippen LogP) is 2.07. The van der Waals surface area contributed by atoms with Crippen molar-refractivity contribution in [2.45, 2.75) is 31.5 Å². The van der Waals surface area contributed by atoms with Gasteiger partial charge in [0.2, 0.25) is 5.95 Å². The third-order valence-corrected chi connectivity index (χ3v) is 3.00. The van der Waals surface area contributed by atoms with E-state index in [1.54, 1.807) is 11.9 Å². The minimum Gasteiger partial charge on any atom is -0.368 e. The Kier molecular flexibility index (Phi) is 2.84. The number of alkyl halides is 3. The molecule has 1 aromatic rings. The molecule has 1 saturated carbocycles. The zero-order chi connectivity index (χ0) is 12.6. The van der Waals surface area contributed by atoms with Crippen LogP contribution in [0.1, 0.15) is 25.0 Å². The summed E-state index contributed by atoms with van der Waals surface area (Å²) in [4.78, 5) is 8.78. The number of halogens is 3. The number of hydrogen-bond donors (Lipinski definition) is 1. The normalized spacial score (nSPS) is 16.7. The first-order valence-electron chi connectivity index (χ1n) is 5.32. The Morgan fingerprint density at radius 2 is 2.00 bits per heavy atom. The van der Waals surface area contributed by atoms with Gasteiger partial charge in [0.15, 0.2) is 5.69 Å². The summed E-state index contributed by atoms with van der Waals surface area (Å²) in [6.07, 6.45) is -1.45. The van der Waals surface area contributed by atoms with Gasteiger partial charge in [-0.15, -0.1) is 0 Å². The third-order valence-electron chi connectivity index (χ3n) is 3.00. The lowest BCUT2D eigenvalue weighted by Gasteiger charge is -2.35. The van der Waals surface area contributed by atoms with Crippen molar-refractivity contribution in [2.24, 2.45) is 0 Å². The summed E-state index contributed by atoms with van der Waals surface area (Å²) in [7, 11) is 1.73. The molecule has 1 aliphatic carbocycles. The third kappa shape index (κ3) is 2.42. The molecule has 1 aromatic heterocycles. The molecule has 1 heterocycles. The van der Waals surface area contributed by atoms with E-state index in [2.05, 4.69) is 9.97 Å². The second kappa shape index (κ2) is 4.05. The molecule has 0 atom stereocenters. The molecule has 0 unspecified atom stereocenters. The fraction of sp³-hybridized carbons (Fsp3) is 0.600. The number of nitrogens with zero attached hydrogens (tertiary/aromatic N) is 3. The van der Waals surface area contributed by atoms with Gasteiger partial charge < -0.3 is 10.6 Å².